The van der Waals surface area contributed by atoms with Crippen molar-refractivity contribution >= 4 is 46.4 Å². The molecule has 0 aromatic carbocycles. The van der Waals surface area contributed by atoms with Crippen LogP contribution in [0, 0.1) is 0 Å². The van der Waals surface area contributed by atoms with E-state index in [0.29, 0.717) is 36.3 Å². The molecule has 1 aromatic heterocycles. The van der Waals surface area contributed by atoms with E-state index in [4.69, 9.17) is 21.7 Å². The predicted molar refractivity (Wildman–Crippen MR) is 144 cm³/mol. The van der Waals surface area contributed by atoms with E-state index < -0.39 is 5.54 Å². The molecule has 10 nitrogen and oxygen atoms in total. The van der Waals surface area contributed by atoms with E-state index in [-0.39, 0.29) is 24.9 Å². The molecule has 1 saturated heterocycles. The number of aromatic nitrogens is 1. The van der Waals surface area contributed by atoms with Gasteiger partial charge in [0.05, 0.1) is 31.8 Å². The van der Waals surface area contributed by atoms with Crippen LogP contribution < -0.4 is 5.32 Å². The highest BCUT2D eigenvalue weighted by molar-refractivity contribution is 7.80. The van der Waals surface area contributed by atoms with Crippen molar-refractivity contribution in [3.8, 4) is 0 Å². The standard InChI is InChI=1S/C24H36N6O4S2/c1-6-33-19(31)14-24(3,4)28(5)23(35)30-11-9-29(10-12-30)16-18-17(22(32)34-7-2)15-26-20(27-18)21-25-8-13-36-21/h8,13H,6-7,9-12,14-16H2,1-5H3,(H,26,27). The summed E-state index contributed by atoms with van der Waals surface area (Å²) in [7, 11) is 1.93. The molecule has 1 aromatic rings. The Morgan fingerprint density at radius 1 is 1.19 bits per heavy atom. The van der Waals surface area contributed by atoms with Gasteiger partial charge in [0.15, 0.2) is 16.0 Å². The zero-order valence-corrected chi connectivity index (χ0v) is 23.3. The molecule has 0 amide bonds. The minimum Gasteiger partial charge on any atom is -0.466 e. The number of hydrogen-bond donors (Lipinski definition) is 1. The van der Waals surface area contributed by atoms with Crippen LogP contribution in [0.3, 0.4) is 0 Å². The second kappa shape index (κ2) is 12.6. The second-order valence-electron chi connectivity index (χ2n) is 9.20. The summed E-state index contributed by atoms with van der Waals surface area (Å²) in [5, 5.41) is 6.74. The zero-order valence-electron chi connectivity index (χ0n) is 21.7. The van der Waals surface area contributed by atoms with E-state index in [2.05, 4.69) is 25.1 Å². The minimum atomic E-state index is -0.461. The van der Waals surface area contributed by atoms with E-state index in [0.717, 1.165) is 36.9 Å². The largest absolute Gasteiger partial charge is 0.466 e. The number of piperazine rings is 1. The molecule has 1 fully saturated rings. The van der Waals surface area contributed by atoms with Gasteiger partial charge in [-0.3, -0.25) is 14.7 Å². The van der Waals surface area contributed by atoms with Gasteiger partial charge in [0.1, 0.15) is 0 Å². The lowest BCUT2D eigenvalue weighted by Crippen LogP contribution is -2.57. The molecule has 36 heavy (non-hydrogen) atoms. The average molecular weight is 537 g/mol. The molecule has 0 radical (unpaired) electrons. The number of thiazole rings is 1. The fraction of sp³-hybridized carbons (Fsp3) is 0.625. The molecule has 0 bridgehead atoms. The molecule has 2 aliphatic heterocycles. The maximum atomic E-state index is 12.6. The Hall–Kier alpha value is -2.57. The van der Waals surface area contributed by atoms with Crippen molar-refractivity contribution in [1.82, 2.24) is 25.0 Å². The number of nitrogens with one attached hydrogen (secondary N) is 1. The zero-order chi connectivity index (χ0) is 26.3. The summed E-state index contributed by atoms with van der Waals surface area (Å²) in [6.45, 7) is 12.1. The van der Waals surface area contributed by atoms with Gasteiger partial charge in [-0.05, 0) is 39.9 Å². The Balaban J connectivity index is 1.61. The Labute approximate surface area is 222 Å². The molecule has 0 spiro atoms. The van der Waals surface area contributed by atoms with Crippen LogP contribution in [0.4, 0.5) is 0 Å². The highest BCUT2D eigenvalue weighted by Gasteiger charge is 2.33. The lowest BCUT2D eigenvalue weighted by atomic mass is 9.99. The number of amidine groups is 1. The SMILES string of the molecule is CCOC(=O)CC(C)(C)N(C)C(=S)N1CCN(CC2=C(C(=O)OCC)CN=C(c3nccs3)N2)CC1. The van der Waals surface area contributed by atoms with Gasteiger partial charge in [-0.25, -0.2) is 9.78 Å². The molecule has 0 saturated carbocycles. The minimum absolute atomic E-state index is 0.228. The van der Waals surface area contributed by atoms with Crippen LogP contribution in [0.5, 0.6) is 0 Å². The topological polar surface area (TPSA) is 99.6 Å². The van der Waals surface area contributed by atoms with Gasteiger partial charge >= 0.3 is 11.9 Å². The molecule has 198 valence electrons. The highest BCUT2D eigenvalue weighted by atomic mass is 32.1. The van der Waals surface area contributed by atoms with Crippen LogP contribution in [-0.2, 0) is 19.1 Å². The van der Waals surface area contributed by atoms with E-state index >= 15 is 0 Å². The number of thiocarbonyl (C=S) groups is 1. The van der Waals surface area contributed by atoms with Crippen molar-refractivity contribution in [1.29, 1.82) is 0 Å². The lowest BCUT2D eigenvalue weighted by molar-refractivity contribution is -0.145. The van der Waals surface area contributed by atoms with E-state index in [9.17, 15) is 9.59 Å². The first-order valence-corrected chi connectivity index (χ1v) is 13.5. The molecule has 1 N–H and O–H groups in total. The summed E-state index contributed by atoms with van der Waals surface area (Å²) in [4.78, 5) is 39.9. The van der Waals surface area contributed by atoms with Crippen molar-refractivity contribution in [2.75, 3.05) is 59.5 Å². The Kier molecular flexibility index (Phi) is 9.80. The summed E-state index contributed by atoms with van der Waals surface area (Å²) in [6, 6.07) is 0. The summed E-state index contributed by atoms with van der Waals surface area (Å²) >= 11 is 7.28. The van der Waals surface area contributed by atoms with Crippen LogP contribution >= 0.6 is 23.6 Å². The molecule has 3 rings (SSSR count). The number of hydrogen-bond acceptors (Lipinski definition) is 10. The summed E-state index contributed by atoms with van der Waals surface area (Å²) in [5.41, 5.74) is 0.894. The number of rotatable bonds is 9. The fourth-order valence-corrected chi connectivity index (χ4v) is 5.02. The smallest absolute Gasteiger partial charge is 0.337 e. The molecule has 12 heteroatoms. The van der Waals surface area contributed by atoms with Gasteiger partial charge in [0, 0.05) is 62.6 Å². The maximum absolute atomic E-state index is 12.6. The van der Waals surface area contributed by atoms with Gasteiger partial charge in [0.2, 0.25) is 0 Å². The number of carbonyl (C=O) groups excluding carboxylic acids is 2. The summed E-state index contributed by atoms with van der Waals surface area (Å²) in [5.74, 6) is 0.110. The van der Waals surface area contributed by atoms with Crippen LogP contribution in [0.2, 0.25) is 0 Å². The monoisotopic (exact) mass is 536 g/mol. The second-order valence-corrected chi connectivity index (χ2v) is 10.5. The van der Waals surface area contributed by atoms with Crippen molar-refractivity contribution in [3.05, 3.63) is 27.9 Å². The number of esters is 2. The fourth-order valence-electron chi connectivity index (χ4n) is 3.99. The van der Waals surface area contributed by atoms with Gasteiger partial charge < -0.3 is 24.6 Å². The average Bonchev–Trinajstić information content (AvgIpc) is 3.38. The van der Waals surface area contributed by atoms with Gasteiger partial charge in [-0.2, -0.15) is 0 Å². The number of ether oxygens (including phenoxy) is 2. The highest BCUT2D eigenvalue weighted by Crippen LogP contribution is 2.21. The van der Waals surface area contributed by atoms with Gasteiger partial charge in [-0.15, -0.1) is 11.3 Å². The maximum Gasteiger partial charge on any atom is 0.337 e. The molecule has 0 aliphatic carbocycles. The van der Waals surface area contributed by atoms with Crippen molar-refractivity contribution in [2.24, 2.45) is 4.99 Å². The third-order valence-corrected chi connectivity index (χ3v) is 7.60. The lowest BCUT2D eigenvalue weighted by Gasteiger charge is -2.44. The van der Waals surface area contributed by atoms with Crippen molar-refractivity contribution < 1.29 is 19.1 Å². The van der Waals surface area contributed by atoms with Gasteiger partial charge in [0.25, 0.3) is 0 Å². The van der Waals surface area contributed by atoms with Crippen LogP contribution in [0.1, 0.15) is 39.1 Å². The summed E-state index contributed by atoms with van der Waals surface area (Å²) < 4.78 is 10.4. The third kappa shape index (κ3) is 7.01. The molecule has 3 heterocycles. The molecular weight excluding hydrogens is 500 g/mol. The van der Waals surface area contributed by atoms with E-state index in [1.165, 1.54) is 11.3 Å². The molecule has 0 atom stereocenters. The quantitative estimate of drug-likeness (QED) is 0.372. The number of nitrogens with zero attached hydrogens (tertiary/aromatic N) is 5. The van der Waals surface area contributed by atoms with Crippen LogP contribution in [-0.4, -0.2) is 108 Å². The van der Waals surface area contributed by atoms with Gasteiger partial charge in [-0.1, -0.05) is 0 Å². The summed E-state index contributed by atoms with van der Waals surface area (Å²) in [6.07, 6.45) is 2.00. The molecule has 2 aliphatic rings. The van der Waals surface area contributed by atoms with E-state index in [1.54, 1.807) is 20.0 Å². The predicted octanol–water partition coefficient (Wildman–Crippen LogP) is 1.88. The molecule has 0 unspecified atom stereocenters. The first-order chi connectivity index (χ1) is 17.2. The molecular formula is C24H36N6O4S2. The van der Waals surface area contributed by atoms with Crippen LogP contribution in [0.25, 0.3) is 0 Å². The van der Waals surface area contributed by atoms with E-state index in [1.807, 2.05) is 31.2 Å². The first kappa shape index (κ1) is 28.0. The third-order valence-electron chi connectivity index (χ3n) is 6.29. The Bertz CT molecular complexity index is 1000. The number of aliphatic imine (C=N–C) groups is 1. The van der Waals surface area contributed by atoms with Crippen molar-refractivity contribution in [3.63, 3.8) is 0 Å². The first-order valence-electron chi connectivity index (χ1n) is 12.2. The Morgan fingerprint density at radius 2 is 1.89 bits per heavy atom. The number of carbonyl (C=O) groups is 2. The van der Waals surface area contributed by atoms with Crippen molar-refractivity contribution in [2.45, 2.75) is 39.7 Å². The van der Waals surface area contributed by atoms with Crippen LogP contribution in [0.15, 0.2) is 27.8 Å². The Morgan fingerprint density at radius 3 is 2.50 bits per heavy atom. The normalized spacial score (nSPS) is 16.8.